The molecule has 1 aliphatic carbocycles. The zero-order valence-corrected chi connectivity index (χ0v) is 22.3. The van der Waals surface area contributed by atoms with Crippen molar-refractivity contribution < 1.29 is 31.8 Å². The Bertz CT molecular complexity index is 1180. The van der Waals surface area contributed by atoms with E-state index in [-0.39, 0.29) is 23.0 Å². The van der Waals surface area contributed by atoms with E-state index in [0.717, 1.165) is 37.1 Å². The third-order valence-corrected chi connectivity index (χ3v) is 7.97. The monoisotopic (exact) mass is 537 g/mol. The number of amides is 2. The second kappa shape index (κ2) is 10.3. The maximum Gasteiger partial charge on any atom is 0.419 e. The summed E-state index contributed by atoms with van der Waals surface area (Å²) in [5, 5.41) is 5.15. The van der Waals surface area contributed by atoms with E-state index in [1.165, 1.54) is 0 Å². The molecule has 1 saturated carbocycles. The number of urea groups is 1. The summed E-state index contributed by atoms with van der Waals surface area (Å²) in [4.78, 5) is 15.2. The lowest BCUT2D eigenvalue weighted by molar-refractivity contribution is -0.139. The number of likely N-dealkylation sites (tertiary alicyclic amines) is 1. The van der Waals surface area contributed by atoms with Crippen LogP contribution >= 0.6 is 0 Å². The van der Waals surface area contributed by atoms with Gasteiger partial charge in [0.15, 0.2) is 17.3 Å². The molecule has 4 rings (SSSR count). The van der Waals surface area contributed by atoms with E-state index in [4.69, 9.17) is 9.47 Å². The minimum Gasteiger partial charge on any atom is -0.493 e. The second-order valence-electron chi connectivity index (χ2n) is 11.1. The van der Waals surface area contributed by atoms with Crippen LogP contribution in [0.3, 0.4) is 0 Å². The van der Waals surface area contributed by atoms with Crippen LogP contribution in [0.5, 0.6) is 11.5 Å². The molecule has 3 atom stereocenters. The number of carbonyl (C=O) groups is 1. The molecule has 1 heterocycles. The topological polar surface area (TPSA) is 62.8 Å². The van der Waals surface area contributed by atoms with Crippen molar-refractivity contribution in [1.82, 2.24) is 10.2 Å². The van der Waals surface area contributed by atoms with Crippen molar-refractivity contribution in [3.63, 3.8) is 0 Å². The lowest BCUT2D eigenvalue weighted by Gasteiger charge is -2.48. The first-order chi connectivity index (χ1) is 17.8. The molecular formula is C28H35F4N3O3. The minimum absolute atomic E-state index is 0.102. The molecule has 1 aliphatic heterocycles. The molecule has 0 bridgehead atoms. The zero-order valence-electron chi connectivity index (χ0n) is 22.3. The van der Waals surface area contributed by atoms with Gasteiger partial charge in [-0.2, -0.15) is 13.2 Å². The van der Waals surface area contributed by atoms with E-state index in [9.17, 15) is 22.4 Å². The molecule has 2 aromatic carbocycles. The summed E-state index contributed by atoms with van der Waals surface area (Å²) in [7, 11) is 3.21. The van der Waals surface area contributed by atoms with Gasteiger partial charge < -0.3 is 20.1 Å². The van der Waals surface area contributed by atoms with Gasteiger partial charge in [-0.1, -0.05) is 12.1 Å². The molecule has 2 aliphatic rings. The maximum absolute atomic E-state index is 14.4. The number of halogens is 4. The van der Waals surface area contributed by atoms with Crippen molar-refractivity contribution in [3.05, 3.63) is 53.3 Å². The Labute approximate surface area is 220 Å². The number of methoxy groups -OCH3 is 2. The van der Waals surface area contributed by atoms with Gasteiger partial charge in [0.1, 0.15) is 0 Å². The first-order valence-corrected chi connectivity index (χ1v) is 12.7. The van der Waals surface area contributed by atoms with Gasteiger partial charge >= 0.3 is 12.2 Å². The molecule has 2 amide bonds. The highest BCUT2D eigenvalue weighted by molar-refractivity contribution is 5.89. The lowest BCUT2D eigenvalue weighted by atomic mass is 9.64. The average Bonchev–Trinajstić information content (AvgIpc) is 3.24. The van der Waals surface area contributed by atoms with Crippen molar-refractivity contribution in [2.75, 3.05) is 26.1 Å². The number of carbonyl (C=O) groups excluding carboxylic acids is 1. The van der Waals surface area contributed by atoms with Crippen LogP contribution < -0.4 is 20.1 Å². The molecule has 1 saturated heterocycles. The molecule has 0 radical (unpaired) electrons. The van der Waals surface area contributed by atoms with Gasteiger partial charge in [-0.3, -0.25) is 4.90 Å². The first kappa shape index (κ1) is 28.0. The number of nitrogens with zero attached hydrogens (tertiary/aromatic N) is 1. The van der Waals surface area contributed by atoms with Crippen LogP contribution in [0.4, 0.5) is 28.0 Å². The fraction of sp³-hybridized carbons (Fsp3) is 0.536. The van der Waals surface area contributed by atoms with Crippen molar-refractivity contribution in [1.29, 1.82) is 0 Å². The molecule has 2 aromatic rings. The Kier molecular flexibility index (Phi) is 7.58. The number of ether oxygens (including phenoxy) is 2. The highest BCUT2D eigenvalue weighted by Crippen LogP contribution is 2.52. The standard InChI is InChI=1S/C28H35F4N3O3/c1-26(2,3)35-14-13-27(17-9-10-21(37-4)22(15-17)38-5)12-11-18(16-23(27)35)33-25(36)34-20-8-6-7-19(24(20)29)28(30,31)32/h6-10,15,18,23H,11-14,16H2,1-5H3,(H2,33,34,36)/t18-,23+,27+/m1/s1. The van der Waals surface area contributed by atoms with Gasteiger partial charge in [0, 0.05) is 23.0 Å². The van der Waals surface area contributed by atoms with Crippen molar-refractivity contribution in [3.8, 4) is 11.5 Å². The third kappa shape index (κ3) is 5.28. The number of alkyl halides is 3. The van der Waals surface area contributed by atoms with Gasteiger partial charge in [0.25, 0.3) is 0 Å². The van der Waals surface area contributed by atoms with E-state index in [0.29, 0.717) is 30.4 Å². The van der Waals surface area contributed by atoms with Crippen LogP contribution in [-0.4, -0.2) is 49.3 Å². The minimum atomic E-state index is -4.85. The van der Waals surface area contributed by atoms with Crippen LogP contribution in [0.25, 0.3) is 0 Å². The molecule has 0 aromatic heterocycles. The SMILES string of the molecule is COc1ccc([C@@]23CC[C@@H](NC(=O)Nc4cccc(C(F)(F)F)c4F)C[C@@H]2N(C(C)(C)C)CC3)cc1OC. The predicted molar refractivity (Wildman–Crippen MR) is 137 cm³/mol. The van der Waals surface area contributed by atoms with Crippen LogP contribution in [0.2, 0.25) is 0 Å². The summed E-state index contributed by atoms with van der Waals surface area (Å²) in [6.07, 6.45) is -1.80. The second-order valence-corrected chi connectivity index (χ2v) is 11.1. The van der Waals surface area contributed by atoms with E-state index >= 15 is 0 Å². The Hall–Kier alpha value is -3.01. The van der Waals surface area contributed by atoms with Crippen molar-refractivity contribution in [2.24, 2.45) is 0 Å². The largest absolute Gasteiger partial charge is 0.493 e. The molecule has 0 unspecified atom stereocenters. The molecule has 2 fully saturated rings. The normalized spacial score (nSPS) is 24.0. The molecule has 208 valence electrons. The molecule has 10 heteroatoms. The number of hydrogen-bond donors (Lipinski definition) is 2. The lowest BCUT2D eigenvalue weighted by Crippen LogP contribution is -2.56. The van der Waals surface area contributed by atoms with E-state index in [1.54, 1.807) is 14.2 Å². The quantitative estimate of drug-likeness (QED) is 0.437. The smallest absolute Gasteiger partial charge is 0.419 e. The molecule has 2 N–H and O–H groups in total. The zero-order chi connectivity index (χ0) is 27.9. The van der Waals surface area contributed by atoms with E-state index in [2.05, 4.69) is 42.4 Å². The number of benzene rings is 2. The summed E-state index contributed by atoms with van der Waals surface area (Å²) in [6, 6.07) is 8.01. The summed E-state index contributed by atoms with van der Waals surface area (Å²) < 4.78 is 64.7. The van der Waals surface area contributed by atoms with E-state index < -0.39 is 29.3 Å². The van der Waals surface area contributed by atoms with E-state index in [1.807, 2.05) is 12.1 Å². The summed E-state index contributed by atoms with van der Waals surface area (Å²) in [5.74, 6) is -0.181. The third-order valence-electron chi connectivity index (χ3n) is 7.97. The fourth-order valence-electron chi connectivity index (χ4n) is 6.16. The van der Waals surface area contributed by atoms with Gasteiger partial charge in [0.05, 0.1) is 25.5 Å². The predicted octanol–water partition coefficient (Wildman–Crippen LogP) is 6.35. The Morgan fingerprint density at radius 1 is 1.05 bits per heavy atom. The highest BCUT2D eigenvalue weighted by Gasteiger charge is 2.54. The summed E-state index contributed by atoms with van der Waals surface area (Å²) >= 11 is 0. The number of nitrogens with one attached hydrogen (secondary N) is 2. The van der Waals surface area contributed by atoms with Crippen molar-refractivity contribution in [2.45, 2.75) is 75.7 Å². The number of rotatable bonds is 5. The van der Waals surface area contributed by atoms with Crippen LogP contribution in [0.1, 0.15) is 57.6 Å². The number of fused-ring (bicyclic) bond motifs is 1. The van der Waals surface area contributed by atoms with Crippen LogP contribution in [0, 0.1) is 5.82 Å². The first-order valence-electron chi connectivity index (χ1n) is 12.7. The van der Waals surface area contributed by atoms with Gasteiger partial charge in [-0.25, -0.2) is 9.18 Å². The van der Waals surface area contributed by atoms with Crippen LogP contribution in [0.15, 0.2) is 36.4 Å². The summed E-state index contributed by atoms with van der Waals surface area (Å²) in [5.41, 5.74) is -1.05. The van der Waals surface area contributed by atoms with Gasteiger partial charge in [-0.05, 0) is 82.8 Å². The fourth-order valence-corrected chi connectivity index (χ4v) is 6.16. The maximum atomic E-state index is 14.4. The highest BCUT2D eigenvalue weighted by atomic mass is 19.4. The number of anilines is 1. The Balaban J connectivity index is 1.56. The Morgan fingerprint density at radius 3 is 2.39 bits per heavy atom. The molecule has 38 heavy (non-hydrogen) atoms. The van der Waals surface area contributed by atoms with Gasteiger partial charge in [0.2, 0.25) is 0 Å². The van der Waals surface area contributed by atoms with Crippen molar-refractivity contribution >= 4 is 11.7 Å². The van der Waals surface area contributed by atoms with Gasteiger partial charge in [-0.15, -0.1) is 0 Å². The van der Waals surface area contributed by atoms with Crippen LogP contribution in [-0.2, 0) is 11.6 Å². The molecule has 0 spiro atoms. The molecule has 6 nitrogen and oxygen atoms in total. The number of hydrogen-bond acceptors (Lipinski definition) is 4. The summed E-state index contributed by atoms with van der Waals surface area (Å²) in [6.45, 7) is 7.38. The molecular weight excluding hydrogens is 502 g/mol. The Morgan fingerprint density at radius 2 is 1.76 bits per heavy atom. The average molecular weight is 538 g/mol.